The van der Waals surface area contributed by atoms with Gasteiger partial charge in [-0.25, -0.2) is 0 Å². The molecule has 0 aliphatic heterocycles. The number of carboxylic acids is 2. The molecule has 1 radical (unpaired) electrons. The summed E-state index contributed by atoms with van der Waals surface area (Å²) in [5.74, 6) is -4.63. The number of methoxy groups -OCH3 is 1. The smallest absolute Gasteiger partial charge is 0.481 e. The van der Waals surface area contributed by atoms with Gasteiger partial charge >= 0.3 is 64.8 Å². The number of carboxylic acid groups (broad SMARTS) is 2. The molecule has 0 spiro atoms. The number of aliphatic hydroxyl groups excluding tert-OH is 2. The Balaban J connectivity index is -0.000000801. The third kappa shape index (κ3) is 28.2. The average molecular weight is 1110 g/mol. The van der Waals surface area contributed by atoms with Crippen molar-refractivity contribution in [2.45, 2.75) is 99.2 Å². The zero-order chi connectivity index (χ0) is 53.8. The number of rotatable bonds is 10. The molecule has 21 nitrogen and oxygen atoms in total. The Morgan fingerprint density at radius 3 is 1.09 bits per heavy atom. The first-order chi connectivity index (χ1) is 30.6. The zero-order valence-electron chi connectivity index (χ0n) is 35.1. The van der Waals surface area contributed by atoms with Gasteiger partial charge in [-0.1, -0.05) is 48.5 Å². The van der Waals surface area contributed by atoms with Gasteiger partial charge in [0, 0.05) is 33.0 Å². The number of halogens is 9. The Morgan fingerprint density at radius 2 is 0.812 bits per heavy atom. The van der Waals surface area contributed by atoms with Crippen LogP contribution in [0.15, 0.2) is 48.5 Å². The van der Waals surface area contributed by atoms with E-state index in [0.29, 0.717) is 19.3 Å². The quantitative estimate of drug-likeness (QED) is 0.0545. The maximum Gasteiger partial charge on any atom is 0.522 e. The molecule has 2 aliphatic carbocycles. The number of alkyl halides is 9. The molecule has 7 N–H and O–H groups in total. The van der Waals surface area contributed by atoms with Gasteiger partial charge in [0.05, 0.1) is 24.7 Å². The summed E-state index contributed by atoms with van der Waals surface area (Å²) >= 11 is 0. The number of aliphatic hydroxyl groups is 2. The van der Waals surface area contributed by atoms with Crippen LogP contribution in [0.2, 0.25) is 0 Å². The maximum atomic E-state index is 11.9. The van der Waals surface area contributed by atoms with Crippen molar-refractivity contribution in [3.8, 4) is 0 Å². The number of hydrogen-bond acceptors (Lipinski definition) is 16. The molecule has 34 heteroatoms. The van der Waals surface area contributed by atoms with Crippen molar-refractivity contribution in [1.29, 1.82) is 0 Å². The van der Waals surface area contributed by atoms with Crippen LogP contribution in [0, 0.1) is 0 Å². The minimum atomic E-state index is -5.84. The molecule has 0 heterocycles. The Bertz CT molecular complexity index is 2230. The summed E-state index contributed by atoms with van der Waals surface area (Å²) in [6, 6.07) is 15.2. The van der Waals surface area contributed by atoms with Gasteiger partial charge in [-0.05, 0) is 54.9 Å². The van der Waals surface area contributed by atoms with Crippen molar-refractivity contribution in [3.63, 3.8) is 0 Å². The fourth-order valence-corrected chi connectivity index (χ4v) is 4.92. The fourth-order valence-electron chi connectivity index (χ4n) is 4.92. The van der Waals surface area contributed by atoms with Gasteiger partial charge < -0.3 is 29.9 Å². The summed E-state index contributed by atoms with van der Waals surface area (Å²) in [6.45, 7) is 1.32. The summed E-state index contributed by atoms with van der Waals surface area (Å²) in [7, 11) is -15.9. The van der Waals surface area contributed by atoms with E-state index in [-0.39, 0.29) is 68.9 Å². The normalized spacial score (nSPS) is 17.4. The van der Waals surface area contributed by atoms with Crippen molar-refractivity contribution >= 4 is 65.6 Å². The predicted octanol–water partition coefficient (Wildman–Crippen LogP) is 4.92. The standard InChI is InChI=1S/C17H20O5.C10H12O2.C5H6O5.3CHF3O3S.Sc/c1-11(18)9-12(19)10-17(20)22-16-8-7-15(21-2)13-5-3-4-6-14(13)16;11-9-5-6-10(12)8-4-2-1-3-7(8)9;6-3(1-4(7)8)2-5(9)10;3*2-1(3,4)8(5,6)7;/h3-6,15-16H,7-10H2,1-2H3;1-4,9-12H,5-6H2;1-2H2,(H,7,8)(H,9,10);3*(H,5,6,7);. The summed E-state index contributed by atoms with van der Waals surface area (Å²) in [5.41, 5.74) is -12.9. The van der Waals surface area contributed by atoms with E-state index in [2.05, 4.69) is 0 Å². The molecular formula is C35H41F9O21S3Sc. The topological polar surface area (TPSA) is 365 Å². The molecule has 2 aliphatic rings. The van der Waals surface area contributed by atoms with E-state index in [0.717, 1.165) is 28.7 Å². The zero-order valence-corrected chi connectivity index (χ0v) is 39.4. The van der Waals surface area contributed by atoms with Crippen LogP contribution in [-0.2, 0) is 94.4 Å². The number of carbonyl (C=O) groups excluding carboxylic acids is 4. The molecule has 4 unspecified atom stereocenters. The Kier molecular flexibility index (Phi) is 29.8. The van der Waals surface area contributed by atoms with Gasteiger partial charge in [0.25, 0.3) is 0 Å². The van der Waals surface area contributed by atoms with Crippen molar-refractivity contribution in [3.05, 3.63) is 70.8 Å². The van der Waals surface area contributed by atoms with Crippen LogP contribution in [0.3, 0.4) is 0 Å². The van der Waals surface area contributed by atoms with Gasteiger partial charge in [-0.3, -0.25) is 42.4 Å². The van der Waals surface area contributed by atoms with E-state index >= 15 is 0 Å². The second kappa shape index (κ2) is 29.8. The molecule has 4 rings (SSSR count). The van der Waals surface area contributed by atoms with Crippen LogP contribution >= 0.6 is 0 Å². The van der Waals surface area contributed by atoms with Crippen LogP contribution in [0.25, 0.3) is 0 Å². The van der Waals surface area contributed by atoms with Gasteiger partial charge in [0.15, 0.2) is 11.6 Å². The van der Waals surface area contributed by atoms with E-state index in [1.807, 2.05) is 48.5 Å². The van der Waals surface area contributed by atoms with E-state index in [1.165, 1.54) is 6.92 Å². The molecule has 69 heavy (non-hydrogen) atoms. The molecule has 2 aromatic carbocycles. The third-order valence-corrected chi connectivity index (χ3v) is 9.48. The Labute approximate surface area is 404 Å². The molecule has 0 saturated carbocycles. The number of benzene rings is 2. The first kappa shape index (κ1) is 69.0. The molecule has 0 bridgehead atoms. The van der Waals surface area contributed by atoms with Gasteiger partial charge in [-0.2, -0.15) is 64.8 Å². The number of ether oxygens (including phenoxy) is 2. The van der Waals surface area contributed by atoms with Crippen LogP contribution in [0.1, 0.15) is 105 Å². The van der Waals surface area contributed by atoms with Crippen molar-refractivity contribution in [2.24, 2.45) is 0 Å². The molecule has 0 fully saturated rings. The van der Waals surface area contributed by atoms with Crippen LogP contribution in [0.4, 0.5) is 39.5 Å². The number of Topliss-reactive ketones (excluding diaryl/α,β-unsaturated/α-hetero) is 3. The maximum absolute atomic E-state index is 11.9. The number of fused-ring (bicyclic) bond motifs is 2. The van der Waals surface area contributed by atoms with E-state index in [1.54, 1.807) is 7.11 Å². The molecule has 0 amide bonds. The first-order valence-corrected chi connectivity index (χ1v) is 22.2. The predicted molar refractivity (Wildman–Crippen MR) is 207 cm³/mol. The van der Waals surface area contributed by atoms with Crippen LogP contribution in [0.5, 0.6) is 0 Å². The van der Waals surface area contributed by atoms with Crippen molar-refractivity contribution < 1.29 is 163 Å². The molecular weight excluding hydrogens is 1070 g/mol. The summed E-state index contributed by atoms with van der Waals surface area (Å²) in [5, 5.41) is 35.1. The molecule has 4 atom stereocenters. The summed E-state index contributed by atoms with van der Waals surface area (Å²) in [6.07, 6.45) is -0.391. The molecule has 2 aromatic rings. The minimum absolute atomic E-state index is 0. The fraction of sp³-hybridized carbons (Fsp3) is 0.486. The Morgan fingerprint density at radius 1 is 0.536 bits per heavy atom. The number of aliphatic carboxylic acids is 2. The van der Waals surface area contributed by atoms with Crippen LogP contribution < -0.4 is 0 Å². The van der Waals surface area contributed by atoms with Crippen LogP contribution in [-0.4, -0.2) is 118 Å². The number of ketones is 3. The van der Waals surface area contributed by atoms with Gasteiger partial charge in [0.2, 0.25) is 0 Å². The molecule has 0 saturated heterocycles. The number of hydrogen-bond donors (Lipinski definition) is 7. The monoisotopic (exact) mass is 1110 g/mol. The Hall–Kier alpha value is -4.29. The van der Waals surface area contributed by atoms with Gasteiger partial charge in [-0.15, -0.1) is 0 Å². The largest absolute Gasteiger partial charge is 0.522 e. The minimum Gasteiger partial charge on any atom is -0.481 e. The molecule has 0 aromatic heterocycles. The van der Waals surface area contributed by atoms with E-state index in [4.69, 9.17) is 58.6 Å². The summed E-state index contributed by atoms with van der Waals surface area (Å²) < 4.78 is 184. The number of esters is 1. The van der Waals surface area contributed by atoms with Crippen molar-refractivity contribution in [2.75, 3.05) is 7.11 Å². The van der Waals surface area contributed by atoms with E-state index < -0.39 is 89.2 Å². The number of carbonyl (C=O) groups is 6. The third-order valence-electron chi connectivity index (χ3n) is 7.73. The second-order valence-corrected chi connectivity index (χ2v) is 17.4. The van der Waals surface area contributed by atoms with Crippen molar-refractivity contribution in [1.82, 2.24) is 0 Å². The second-order valence-electron chi connectivity index (χ2n) is 13.2. The SMILES string of the molecule is COC1CCC(OC(=O)CC(=O)CC(C)=O)c2ccccc21.O=C(O)CC(=O)CC(=O)O.O=S(=O)(O)C(F)(F)F.O=S(=O)(O)C(F)(F)F.O=S(=O)(O)C(F)(F)F.OC1CCC(O)c2ccccc21.[Sc]. The van der Waals surface area contributed by atoms with E-state index in [9.17, 15) is 78.5 Å². The first-order valence-electron chi connectivity index (χ1n) is 17.9. The summed E-state index contributed by atoms with van der Waals surface area (Å²) in [4.78, 5) is 64.1. The molecule has 391 valence electrons. The van der Waals surface area contributed by atoms with Gasteiger partial charge in [0.1, 0.15) is 31.1 Å². The average Bonchev–Trinajstić information content (AvgIpc) is 3.14.